The molecule has 6 nitrogen and oxygen atoms in total. The van der Waals surface area contributed by atoms with Crippen molar-refractivity contribution >= 4 is 40.1 Å². The monoisotopic (exact) mass is 518 g/mol. The fourth-order valence-electron chi connectivity index (χ4n) is 2.90. The van der Waals surface area contributed by atoms with Gasteiger partial charge in [0.2, 0.25) is 0 Å². The Kier molecular flexibility index (Phi) is 9.37. The van der Waals surface area contributed by atoms with Crippen molar-refractivity contribution in [3.63, 3.8) is 0 Å². The minimum Gasteiger partial charge on any atom is -0.483 e. The number of ether oxygens (including phenoxy) is 2. The van der Waals surface area contributed by atoms with Gasteiger partial charge in [-0.05, 0) is 47.9 Å². The maximum absolute atomic E-state index is 12.2. The zero-order valence-corrected chi connectivity index (χ0v) is 19.9. The fourth-order valence-corrected chi connectivity index (χ4v) is 3.28. The number of amides is 1. The number of benzene rings is 3. The molecule has 0 saturated carbocycles. The highest BCUT2D eigenvalue weighted by molar-refractivity contribution is 9.10. The molecule has 0 fully saturated rings. The number of hydrogen-bond donors (Lipinski definition) is 1. The molecule has 0 radical (unpaired) electrons. The SMILES string of the molecule is C=CCc1ccccc1OCC(=O)N/N=C\c1cc(Br)ccc1OC(=O)/C=C/c1ccccc1. The molecule has 0 atom stereocenters. The molecule has 0 bridgehead atoms. The predicted octanol–water partition coefficient (Wildman–Crippen LogP) is 5.33. The van der Waals surface area contributed by atoms with Crippen molar-refractivity contribution in [2.75, 3.05) is 6.61 Å². The van der Waals surface area contributed by atoms with Crippen molar-refractivity contribution in [3.05, 3.63) is 113 Å². The van der Waals surface area contributed by atoms with Gasteiger partial charge in [0, 0.05) is 16.1 Å². The maximum Gasteiger partial charge on any atom is 0.336 e. The van der Waals surface area contributed by atoms with E-state index in [4.69, 9.17) is 9.47 Å². The number of halogens is 1. The molecule has 1 amide bonds. The van der Waals surface area contributed by atoms with Crippen LogP contribution in [0.15, 0.2) is 101 Å². The summed E-state index contributed by atoms with van der Waals surface area (Å²) in [5.74, 6) is -0.0368. The average Bonchev–Trinajstić information content (AvgIpc) is 2.84. The summed E-state index contributed by atoms with van der Waals surface area (Å²) in [6.45, 7) is 3.53. The molecular weight excluding hydrogens is 496 g/mol. The van der Waals surface area contributed by atoms with Gasteiger partial charge < -0.3 is 9.47 Å². The first-order valence-corrected chi connectivity index (χ1v) is 11.2. The predicted molar refractivity (Wildman–Crippen MR) is 137 cm³/mol. The van der Waals surface area contributed by atoms with Crippen molar-refractivity contribution in [2.45, 2.75) is 6.42 Å². The molecule has 172 valence electrons. The van der Waals surface area contributed by atoms with Gasteiger partial charge in [0.1, 0.15) is 11.5 Å². The van der Waals surface area contributed by atoms with Crippen LogP contribution in [0.5, 0.6) is 11.5 Å². The zero-order chi connectivity index (χ0) is 24.2. The number of rotatable bonds is 10. The highest BCUT2D eigenvalue weighted by atomic mass is 79.9. The van der Waals surface area contributed by atoms with Crippen LogP contribution in [0, 0.1) is 0 Å². The third-order valence-corrected chi connectivity index (χ3v) is 4.98. The van der Waals surface area contributed by atoms with Gasteiger partial charge >= 0.3 is 5.97 Å². The van der Waals surface area contributed by atoms with Gasteiger partial charge in [-0.1, -0.05) is 70.5 Å². The molecule has 3 aromatic carbocycles. The average molecular weight is 519 g/mol. The molecule has 34 heavy (non-hydrogen) atoms. The molecule has 1 N–H and O–H groups in total. The molecule has 0 aliphatic rings. The van der Waals surface area contributed by atoms with Crippen molar-refractivity contribution in [2.24, 2.45) is 5.10 Å². The van der Waals surface area contributed by atoms with Crippen LogP contribution in [0.4, 0.5) is 0 Å². The lowest BCUT2D eigenvalue weighted by atomic mass is 10.1. The van der Waals surface area contributed by atoms with Crippen molar-refractivity contribution in [1.82, 2.24) is 5.43 Å². The van der Waals surface area contributed by atoms with E-state index in [1.165, 1.54) is 12.3 Å². The first-order chi connectivity index (χ1) is 16.5. The van der Waals surface area contributed by atoms with Crippen LogP contribution in [0.25, 0.3) is 6.08 Å². The summed E-state index contributed by atoms with van der Waals surface area (Å²) < 4.78 is 11.8. The van der Waals surface area contributed by atoms with Gasteiger partial charge in [0.25, 0.3) is 5.91 Å². The third kappa shape index (κ3) is 7.86. The maximum atomic E-state index is 12.2. The second kappa shape index (κ2) is 12.9. The van der Waals surface area contributed by atoms with E-state index in [1.807, 2.05) is 48.5 Å². The van der Waals surface area contributed by atoms with E-state index >= 15 is 0 Å². The molecular formula is C27H23BrN2O4. The first-order valence-electron chi connectivity index (χ1n) is 10.4. The normalized spacial score (nSPS) is 10.9. The molecule has 3 aromatic rings. The van der Waals surface area contributed by atoms with E-state index < -0.39 is 11.9 Å². The van der Waals surface area contributed by atoms with E-state index in [-0.39, 0.29) is 6.61 Å². The lowest BCUT2D eigenvalue weighted by Crippen LogP contribution is -2.24. The molecule has 0 spiro atoms. The van der Waals surface area contributed by atoms with Crippen molar-refractivity contribution in [1.29, 1.82) is 0 Å². The van der Waals surface area contributed by atoms with Gasteiger partial charge in [-0.3, -0.25) is 4.79 Å². The van der Waals surface area contributed by atoms with Crippen LogP contribution in [0.2, 0.25) is 0 Å². The van der Waals surface area contributed by atoms with Crippen LogP contribution in [0.3, 0.4) is 0 Å². The summed E-state index contributed by atoms with van der Waals surface area (Å²) in [6, 6.07) is 22.0. The van der Waals surface area contributed by atoms with E-state index in [9.17, 15) is 9.59 Å². The van der Waals surface area contributed by atoms with E-state index in [1.54, 1.807) is 36.4 Å². The Hall–Kier alpha value is -3.97. The van der Waals surface area contributed by atoms with E-state index in [2.05, 4.69) is 33.0 Å². The minimum atomic E-state index is -0.531. The Balaban J connectivity index is 1.58. The number of hydrazone groups is 1. The number of para-hydroxylation sites is 1. The third-order valence-electron chi connectivity index (χ3n) is 4.48. The second-order valence-electron chi connectivity index (χ2n) is 7.03. The largest absolute Gasteiger partial charge is 0.483 e. The number of esters is 1. The number of hydrogen-bond acceptors (Lipinski definition) is 5. The molecule has 0 heterocycles. The molecule has 3 rings (SSSR count). The Labute approximate surface area is 206 Å². The van der Waals surface area contributed by atoms with Gasteiger partial charge in [-0.2, -0.15) is 5.10 Å². The lowest BCUT2D eigenvalue weighted by molar-refractivity contribution is -0.129. The highest BCUT2D eigenvalue weighted by Crippen LogP contribution is 2.22. The van der Waals surface area contributed by atoms with Gasteiger partial charge in [0.05, 0.1) is 6.21 Å². The van der Waals surface area contributed by atoms with Gasteiger partial charge in [-0.25, -0.2) is 10.2 Å². The Morgan fingerprint density at radius 1 is 1.00 bits per heavy atom. The lowest BCUT2D eigenvalue weighted by Gasteiger charge is -2.09. The number of nitrogens with zero attached hydrogens (tertiary/aromatic N) is 1. The van der Waals surface area contributed by atoms with Crippen LogP contribution >= 0.6 is 15.9 Å². The van der Waals surface area contributed by atoms with Crippen LogP contribution < -0.4 is 14.9 Å². The molecule has 0 aliphatic heterocycles. The number of nitrogens with one attached hydrogen (secondary N) is 1. The number of carbonyl (C=O) groups excluding carboxylic acids is 2. The van der Waals surface area contributed by atoms with Crippen molar-refractivity contribution in [3.8, 4) is 11.5 Å². The van der Waals surface area contributed by atoms with Crippen LogP contribution in [0.1, 0.15) is 16.7 Å². The summed E-state index contributed by atoms with van der Waals surface area (Å²) in [6.07, 6.45) is 6.83. The number of allylic oxidation sites excluding steroid dienone is 1. The smallest absolute Gasteiger partial charge is 0.336 e. The van der Waals surface area contributed by atoms with Gasteiger partial charge in [0.15, 0.2) is 6.61 Å². The molecule has 0 aromatic heterocycles. The Bertz CT molecular complexity index is 1210. The zero-order valence-electron chi connectivity index (χ0n) is 18.3. The summed E-state index contributed by atoms with van der Waals surface area (Å²) in [5, 5.41) is 3.96. The summed E-state index contributed by atoms with van der Waals surface area (Å²) in [4.78, 5) is 24.4. The Morgan fingerprint density at radius 3 is 2.56 bits per heavy atom. The standard InChI is InChI=1S/C27H23BrN2O4/c1-2-8-21-11-6-7-12-24(21)33-19-26(31)30-29-18-22-17-23(28)14-15-25(22)34-27(32)16-13-20-9-4-3-5-10-20/h2-7,9-18H,1,8,19H2,(H,30,31)/b16-13+,29-18-. The molecule has 7 heteroatoms. The second-order valence-corrected chi connectivity index (χ2v) is 7.95. The van der Waals surface area contributed by atoms with E-state index in [0.29, 0.717) is 23.5 Å². The first kappa shape index (κ1) is 24.7. The van der Waals surface area contributed by atoms with E-state index in [0.717, 1.165) is 15.6 Å². The van der Waals surface area contributed by atoms with Crippen molar-refractivity contribution < 1.29 is 19.1 Å². The number of carbonyl (C=O) groups is 2. The van der Waals surface area contributed by atoms with Gasteiger partial charge in [-0.15, -0.1) is 6.58 Å². The summed E-state index contributed by atoms with van der Waals surface area (Å²) >= 11 is 3.38. The quantitative estimate of drug-likeness (QED) is 0.0982. The van der Waals surface area contributed by atoms with Crippen LogP contribution in [-0.4, -0.2) is 24.7 Å². The highest BCUT2D eigenvalue weighted by Gasteiger charge is 2.08. The summed E-state index contributed by atoms with van der Waals surface area (Å²) in [7, 11) is 0. The van der Waals surface area contributed by atoms with Crippen LogP contribution in [-0.2, 0) is 16.0 Å². The summed E-state index contributed by atoms with van der Waals surface area (Å²) in [5.41, 5.74) is 4.75. The fraction of sp³-hybridized carbons (Fsp3) is 0.0741. The molecule has 0 saturated heterocycles. The molecule has 0 aliphatic carbocycles. The molecule has 0 unspecified atom stereocenters. The minimum absolute atomic E-state index is 0.198. The Morgan fingerprint density at radius 2 is 1.76 bits per heavy atom. The topological polar surface area (TPSA) is 77.0 Å².